The Morgan fingerprint density at radius 3 is 2.57 bits per heavy atom. The summed E-state index contributed by atoms with van der Waals surface area (Å²) >= 11 is 0. The van der Waals surface area contributed by atoms with Crippen LogP contribution in [0.4, 0.5) is 24.5 Å². The summed E-state index contributed by atoms with van der Waals surface area (Å²) in [6, 6.07) is 2.63. The highest BCUT2D eigenvalue weighted by Crippen LogP contribution is 2.36. The van der Waals surface area contributed by atoms with Crippen molar-refractivity contribution in [2.75, 3.05) is 38.7 Å². The Hall–Kier alpha value is -1.87. The van der Waals surface area contributed by atoms with Crippen LogP contribution in [-0.2, 0) is 10.9 Å². The van der Waals surface area contributed by atoms with E-state index >= 15 is 0 Å². The summed E-state index contributed by atoms with van der Waals surface area (Å²) in [6.07, 6.45) is -4.65. The number of nitrogens with zero attached hydrogens (tertiary/aromatic N) is 1. The van der Waals surface area contributed by atoms with Crippen molar-refractivity contribution in [2.24, 2.45) is 0 Å². The first-order valence-corrected chi connectivity index (χ1v) is 6.15. The molecule has 0 radical (unpaired) electrons. The first kappa shape index (κ1) is 17.2. The minimum absolute atomic E-state index is 0.179. The fourth-order valence-corrected chi connectivity index (χ4v) is 1.62. The predicted molar refractivity (Wildman–Crippen MR) is 71.3 cm³/mol. The van der Waals surface area contributed by atoms with Crippen LogP contribution in [0.25, 0.3) is 0 Å². The third-order valence-electron chi connectivity index (χ3n) is 2.62. The first-order chi connectivity index (χ1) is 9.86. The molecule has 0 heterocycles. The number of nitro benzene ring substituents is 1. The number of halogens is 3. The molecule has 1 rings (SSSR count). The van der Waals surface area contributed by atoms with E-state index in [1.54, 1.807) is 7.11 Å². The van der Waals surface area contributed by atoms with E-state index in [0.717, 1.165) is 12.1 Å². The van der Waals surface area contributed by atoms with Crippen LogP contribution >= 0.6 is 0 Å². The van der Waals surface area contributed by atoms with Gasteiger partial charge in [0, 0.05) is 44.6 Å². The zero-order valence-corrected chi connectivity index (χ0v) is 11.4. The zero-order chi connectivity index (χ0) is 15.9. The monoisotopic (exact) mass is 307 g/mol. The SMILES string of the molecule is COCCNCCNc1ccc([N+](=O)[O-])cc1C(F)(F)F. The lowest BCUT2D eigenvalue weighted by Crippen LogP contribution is -2.26. The number of nitrogens with one attached hydrogen (secondary N) is 2. The lowest BCUT2D eigenvalue weighted by Gasteiger charge is -2.14. The van der Waals surface area contributed by atoms with Crippen LogP contribution in [0, 0.1) is 10.1 Å². The molecule has 118 valence electrons. The third-order valence-corrected chi connectivity index (χ3v) is 2.62. The fraction of sp³-hybridized carbons (Fsp3) is 0.500. The summed E-state index contributed by atoms with van der Waals surface area (Å²) in [5.74, 6) is 0. The van der Waals surface area contributed by atoms with Gasteiger partial charge in [0.15, 0.2) is 0 Å². The quantitative estimate of drug-likeness (QED) is 0.438. The summed E-state index contributed by atoms with van der Waals surface area (Å²) in [6.45, 7) is 1.79. The Bertz CT molecular complexity index is 481. The van der Waals surface area contributed by atoms with Gasteiger partial charge in [-0.25, -0.2) is 0 Å². The van der Waals surface area contributed by atoms with Gasteiger partial charge in [0.05, 0.1) is 17.1 Å². The van der Waals surface area contributed by atoms with E-state index in [-0.39, 0.29) is 12.2 Å². The summed E-state index contributed by atoms with van der Waals surface area (Å²) in [4.78, 5) is 9.69. The number of rotatable bonds is 8. The number of hydrogen-bond acceptors (Lipinski definition) is 5. The maximum absolute atomic E-state index is 12.9. The molecule has 0 atom stereocenters. The van der Waals surface area contributed by atoms with Crippen molar-refractivity contribution in [2.45, 2.75) is 6.18 Å². The molecular formula is C12H16F3N3O3. The van der Waals surface area contributed by atoms with Gasteiger partial charge in [-0.2, -0.15) is 13.2 Å². The van der Waals surface area contributed by atoms with Crippen LogP contribution in [0.2, 0.25) is 0 Å². The highest BCUT2D eigenvalue weighted by atomic mass is 19.4. The number of ether oxygens (including phenoxy) is 1. The predicted octanol–water partition coefficient (Wildman–Crippen LogP) is 2.26. The van der Waals surface area contributed by atoms with E-state index in [1.807, 2.05) is 0 Å². The van der Waals surface area contributed by atoms with Crippen LogP contribution in [-0.4, -0.2) is 38.3 Å². The second-order valence-corrected chi connectivity index (χ2v) is 4.15. The molecule has 0 fully saturated rings. The normalized spacial score (nSPS) is 11.4. The van der Waals surface area contributed by atoms with Gasteiger partial charge in [-0.3, -0.25) is 10.1 Å². The summed E-state index contributed by atoms with van der Waals surface area (Å²) in [5, 5.41) is 16.1. The molecule has 6 nitrogen and oxygen atoms in total. The molecule has 0 bridgehead atoms. The van der Waals surface area contributed by atoms with Crippen molar-refractivity contribution in [3.8, 4) is 0 Å². The number of anilines is 1. The molecule has 0 unspecified atom stereocenters. The standard InChI is InChI=1S/C12H16F3N3O3/c1-21-7-6-16-4-5-17-11-3-2-9(18(19)20)8-10(11)12(13,14)15/h2-3,8,16-17H,4-7H2,1H3. The first-order valence-electron chi connectivity index (χ1n) is 6.15. The number of hydrogen-bond donors (Lipinski definition) is 2. The third kappa shape index (κ3) is 5.56. The van der Waals surface area contributed by atoms with Crippen molar-refractivity contribution < 1.29 is 22.8 Å². The number of nitro groups is 1. The molecule has 21 heavy (non-hydrogen) atoms. The Labute approximate surface area is 119 Å². The number of methoxy groups -OCH3 is 1. The van der Waals surface area contributed by atoms with E-state index in [9.17, 15) is 23.3 Å². The Morgan fingerprint density at radius 1 is 1.29 bits per heavy atom. The number of benzene rings is 1. The molecule has 0 spiro atoms. The molecule has 0 saturated heterocycles. The van der Waals surface area contributed by atoms with E-state index in [4.69, 9.17) is 4.74 Å². The highest BCUT2D eigenvalue weighted by molar-refractivity contribution is 5.57. The topological polar surface area (TPSA) is 76.4 Å². The summed E-state index contributed by atoms with van der Waals surface area (Å²) in [7, 11) is 1.55. The molecule has 2 N–H and O–H groups in total. The average Bonchev–Trinajstić information content (AvgIpc) is 2.41. The van der Waals surface area contributed by atoms with E-state index in [2.05, 4.69) is 10.6 Å². The largest absolute Gasteiger partial charge is 0.418 e. The van der Waals surface area contributed by atoms with E-state index in [1.165, 1.54) is 0 Å². The Morgan fingerprint density at radius 2 is 2.00 bits per heavy atom. The van der Waals surface area contributed by atoms with Crippen LogP contribution in [0.1, 0.15) is 5.56 Å². The zero-order valence-electron chi connectivity index (χ0n) is 11.4. The van der Waals surface area contributed by atoms with Crippen molar-refractivity contribution in [1.29, 1.82) is 0 Å². The van der Waals surface area contributed by atoms with Gasteiger partial charge in [0.1, 0.15) is 0 Å². The molecule has 0 aliphatic carbocycles. The highest BCUT2D eigenvalue weighted by Gasteiger charge is 2.35. The van der Waals surface area contributed by atoms with Crippen molar-refractivity contribution in [3.63, 3.8) is 0 Å². The van der Waals surface area contributed by atoms with Crippen molar-refractivity contribution in [3.05, 3.63) is 33.9 Å². The molecular weight excluding hydrogens is 291 g/mol. The van der Waals surface area contributed by atoms with E-state index < -0.39 is 22.4 Å². The molecule has 0 aliphatic rings. The van der Waals surface area contributed by atoms with Gasteiger partial charge >= 0.3 is 6.18 Å². The number of non-ortho nitro benzene ring substituents is 1. The van der Waals surface area contributed by atoms with Gasteiger partial charge in [-0.1, -0.05) is 0 Å². The van der Waals surface area contributed by atoms with Gasteiger partial charge in [0.25, 0.3) is 5.69 Å². The Balaban J connectivity index is 2.70. The smallest absolute Gasteiger partial charge is 0.383 e. The van der Waals surface area contributed by atoms with Crippen LogP contribution in [0.5, 0.6) is 0 Å². The van der Waals surface area contributed by atoms with Gasteiger partial charge < -0.3 is 15.4 Å². The van der Waals surface area contributed by atoms with Crippen molar-refractivity contribution in [1.82, 2.24) is 5.32 Å². The molecule has 1 aromatic carbocycles. The van der Waals surface area contributed by atoms with Crippen LogP contribution in [0.15, 0.2) is 18.2 Å². The summed E-state index contributed by atoms with van der Waals surface area (Å²) < 4.78 is 43.4. The molecule has 9 heteroatoms. The molecule has 0 saturated carbocycles. The maximum atomic E-state index is 12.9. The molecule has 0 amide bonds. The fourth-order valence-electron chi connectivity index (χ4n) is 1.62. The van der Waals surface area contributed by atoms with Gasteiger partial charge in [-0.15, -0.1) is 0 Å². The maximum Gasteiger partial charge on any atom is 0.418 e. The minimum atomic E-state index is -4.65. The lowest BCUT2D eigenvalue weighted by molar-refractivity contribution is -0.385. The molecule has 0 aromatic heterocycles. The number of alkyl halides is 3. The van der Waals surface area contributed by atoms with Gasteiger partial charge in [-0.05, 0) is 6.07 Å². The lowest BCUT2D eigenvalue weighted by atomic mass is 10.1. The van der Waals surface area contributed by atoms with Crippen LogP contribution < -0.4 is 10.6 Å². The average molecular weight is 307 g/mol. The summed E-state index contributed by atoms with van der Waals surface area (Å²) in [5.41, 5.74) is -1.82. The second-order valence-electron chi connectivity index (χ2n) is 4.15. The van der Waals surface area contributed by atoms with Crippen molar-refractivity contribution >= 4 is 11.4 Å². The molecule has 0 aliphatic heterocycles. The van der Waals surface area contributed by atoms with Crippen LogP contribution in [0.3, 0.4) is 0 Å². The molecule has 1 aromatic rings. The minimum Gasteiger partial charge on any atom is -0.383 e. The Kier molecular flexibility index (Phi) is 6.38. The second kappa shape index (κ2) is 7.79. The van der Waals surface area contributed by atoms with Gasteiger partial charge in [0.2, 0.25) is 0 Å². The van der Waals surface area contributed by atoms with E-state index in [0.29, 0.717) is 25.8 Å².